The van der Waals surface area contributed by atoms with Crippen LogP contribution < -0.4 is 5.19 Å². The van der Waals surface area contributed by atoms with Gasteiger partial charge in [-0.3, -0.25) is 0 Å². The molecule has 1 aromatic heterocycles. The lowest BCUT2D eigenvalue weighted by Gasteiger charge is -2.09. The van der Waals surface area contributed by atoms with Crippen LogP contribution in [0.4, 0.5) is 0 Å². The van der Waals surface area contributed by atoms with Crippen molar-refractivity contribution in [1.82, 2.24) is 4.57 Å². The molecule has 3 radical (unpaired) electrons. The molecule has 0 N–H and O–H groups in total. The predicted octanol–water partition coefficient (Wildman–Crippen LogP) is 5.88. The molecule has 0 aliphatic heterocycles. The van der Waals surface area contributed by atoms with Gasteiger partial charge in [-0.25, -0.2) is 0 Å². The van der Waals surface area contributed by atoms with Gasteiger partial charge >= 0.3 is 0 Å². The van der Waals surface area contributed by atoms with Gasteiger partial charge in [0.05, 0.1) is 21.3 Å². The normalized spacial score (nSPS) is 11.8. The molecule has 0 aliphatic carbocycles. The molecule has 2 heteroatoms. The largest absolute Gasteiger partial charge is 0.309 e. The summed E-state index contributed by atoms with van der Waals surface area (Å²) >= 11 is 0. The summed E-state index contributed by atoms with van der Waals surface area (Å²) in [5.74, 6) is 0. The van der Waals surface area contributed by atoms with E-state index in [2.05, 4.69) is 112 Å². The van der Waals surface area contributed by atoms with E-state index >= 15 is 0 Å². The van der Waals surface area contributed by atoms with Crippen molar-refractivity contribution in [2.24, 2.45) is 0 Å². The summed E-state index contributed by atoms with van der Waals surface area (Å²) in [6, 6.07) is 34.9. The molecule has 6 aromatic rings. The Labute approximate surface area is 166 Å². The number of hydrogen-bond acceptors (Lipinski definition) is 0. The Kier molecular flexibility index (Phi) is 3.25. The van der Waals surface area contributed by atoms with Crippen molar-refractivity contribution in [2.75, 3.05) is 0 Å². The maximum atomic E-state index is 3.62. The third-order valence-corrected chi connectivity index (χ3v) is 6.00. The fourth-order valence-corrected chi connectivity index (χ4v) is 4.60. The van der Waals surface area contributed by atoms with Crippen LogP contribution in [-0.4, -0.2) is 14.8 Å². The number of rotatable bonds is 1. The van der Waals surface area contributed by atoms with Crippen molar-refractivity contribution < 1.29 is 0 Å². The second-order valence-corrected chi connectivity index (χ2v) is 7.82. The van der Waals surface area contributed by atoms with Crippen molar-refractivity contribution in [3.8, 4) is 5.69 Å². The molecular formula is C26H16NSi. The van der Waals surface area contributed by atoms with Gasteiger partial charge in [0.15, 0.2) is 0 Å². The quantitative estimate of drug-likeness (QED) is 0.318. The summed E-state index contributed by atoms with van der Waals surface area (Å²) < 4.78 is 2.38. The first-order valence-corrected chi connectivity index (χ1v) is 9.97. The van der Waals surface area contributed by atoms with Crippen molar-refractivity contribution >= 4 is 58.8 Å². The Hall–Kier alpha value is -3.36. The predicted molar refractivity (Wildman–Crippen MR) is 121 cm³/mol. The molecule has 1 nitrogen and oxygen atoms in total. The van der Waals surface area contributed by atoms with Crippen LogP contribution in [0.15, 0.2) is 97.1 Å². The Morgan fingerprint density at radius 3 is 1.54 bits per heavy atom. The van der Waals surface area contributed by atoms with Crippen LogP contribution in [0.5, 0.6) is 0 Å². The first kappa shape index (κ1) is 15.7. The lowest BCUT2D eigenvalue weighted by Crippen LogP contribution is -2.02. The van der Waals surface area contributed by atoms with Crippen molar-refractivity contribution in [3.05, 3.63) is 97.1 Å². The minimum atomic E-state index is 1.08. The zero-order valence-corrected chi connectivity index (χ0v) is 16.2. The highest BCUT2D eigenvalue weighted by Crippen LogP contribution is 2.40. The molecule has 28 heavy (non-hydrogen) atoms. The van der Waals surface area contributed by atoms with E-state index in [4.69, 9.17) is 0 Å². The first-order chi connectivity index (χ1) is 13.8. The SMILES string of the molecule is [Si]c1ccc(-n2c3ccc4ccccc4c3c3c4ccccc4ccc32)cc1. The Morgan fingerprint density at radius 1 is 0.500 bits per heavy atom. The number of fused-ring (bicyclic) bond motifs is 7. The fraction of sp³-hybridized carbons (Fsp3) is 0. The van der Waals surface area contributed by atoms with Gasteiger partial charge in [0.1, 0.15) is 0 Å². The molecule has 0 amide bonds. The maximum absolute atomic E-state index is 3.62. The summed E-state index contributed by atoms with van der Waals surface area (Å²) in [4.78, 5) is 0. The Balaban J connectivity index is 1.92. The molecule has 0 spiro atoms. The van der Waals surface area contributed by atoms with E-state index in [1.54, 1.807) is 0 Å². The highest BCUT2D eigenvalue weighted by Gasteiger charge is 2.16. The average molecular weight is 371 g/mol. The molecule has 0 fully saturated rings. The highest BCUT2D eigenvalue weighted by molar-refractivity contribution is 6.32. The summed E-state index contributed by atoms with van der Waals surface area (Å²) in [6.07, 6.45) is 0. The lowest BCUT2D eigenvalue weighted by atomic mass is 10.00. The van der Waals surface area contributed by atoms with Gasteiger partial charge in [-0.2, -0.15) is 0 Å². The van der Waals surface area contributed by atoms with Crippen molar-refractivity contribution in [1.29, 1.82) is 0 Å². The summed E-state index contributed by atoms with van der Waals surface area (Å²) in [6.45, 7) is 0. The average Bonchev–Trinajstić information content (AvgIpc) is 3.09. The van der Waals surface area contributed by atoms with Crippen LogP contribution in [0.1, 0.15) is 0 Å². The lowest BCUT2D eigenvalue weighted by molar-refractivity contribution is 1.18. The van der Waals surface area contributed by atoms with Crippen LogP contribution in [0.25, 0.3) is 49.0 Å². The molecule has 0 unspecified atom stereocenters. The van der Waals surface area contributed by atoms with Gasteiger partial charge in [0, 0.05) is 16.5 Å². The molecule has 6 rings (SSSR count). The van der Waals surface area contributed by atoms with E-state index in [0.717, 1.165) is 5.19 Å². The number of benzene rings is 5. The van der Waals surface area contributed by atoms with Gasteiger partial charge < -0.3 is 4.57 Å². The molecule has 129 valence electrons. The second-order valence-electron chi connectivity index (χ2n) is 7.24. The first-order valence-electron chi connectivity index (χ1n) is 9.47. The minimum absolute atomic E-state index is 1.08. The van der Waals surface area contributed by atoms with Crippen LogP contribution in [0.3, 0.4) is 0 Å². The summed E-state index contributed by atoms with van der Waals surface area (Å²) in [5, 5.41) is 8.89. The third kappa shape index (κ3) is 2.12. The van der Waals surface area contributed by atoms with Gasteiger partial charge in [-0.05, 0) is 45.8 Å². The molecule has 0 saturated carbocycles. The van der Waals surface area contributed by atoms with Crippen LogP contribution in [0, 0.1) is 0 Å². The van der Waals surface area contributed by atoms with Gasteiger partial charge in [-0.1, -0.05) is 78.0 Å². The summed E-state index contributed by atoms with van der Waals surface area (Å²) in [5.41, 5.74) is 3.66. The molecule has 0 atom stereocenters. The molecule has 5 aromatic carbocycles. The number of nitrogens with zero attached hydrogens (tertiary/aromatic N) is 1. The molecule has 0 bridgehead atoms. The highest BCUT2D eigenvalue weighted by atomic mass is 28.1. The topological polar surface area (TPSA) is 4.93 Å². The number of aromatic nitrogens is 1. The maximum Gasteiger partial charge on any atom is 0.0711 e. The molecule has 0 aliphatic rings. The van der Waals surface area contributed by atoms with E-state index < -0.39 is 0 Å². The van der Waals surface area contributed by atoms with Crippen molar-refractivity contribution in [3.63, 3.8) is 0 Å². The monoisotopic (exact) mass is 370 g/mol. The number of hydrogen-bond donors (Lipinski definition) is 0. The van der Waals surface area contributed by atoms with E-state index in [1.165, 1.54) is 49.0 Å². The fourth-order valence-electron chi connectivity index (χ4n) is 4.44. The van der Waals surface area contributed by atoms with E-state index in [1.807, 2.05) is 0 Å². The zero-order chi connectivity index (χ0) is 18.7. The Bertz CT molecular complexity index is 1410. The van der Waals surface area contributed by atoms with Crippen LogP contribution >= 0.6 is 0 Å². The van der Waals surface area contributed by atoms with Gasteiger partial charge in [-0.15, -0.1) is 0 Å². The van der Waals surface area contributed by atoms with E-state index in [0.29, 0.717) is 0 Å². The van der Waals surface area contributed by atoms with Crippen LogP contribution in [0.2, 0.25) is 0 Å². The molecular weight excluding hydrogens is 354 g/mol. The second kappa shape index (κ2) is 5.82. The van der Waals surface area contributed by atoms with Crippen molar-refractivity contribution in [2.45, 2.75) is 0 Å². The van der Waals surface area contributed by atoms with Crippen LogP contribution in [-0.2, 0) is 0 Å². The van der Waals surface area contributed by atoms with Gasteiger partial charge in [0.25, 0.3) is 0 Å². The zero-order valence-electron chi connectivity index (χ0n) is 15.2. The standard InChI is InChI=1S/C26H16NSi/c28-20-13-11-19(12-14-20)27-23-15-9-17-5-1-3-7-21(17)25(23)26-22-8-4-2-6-18(22)10-16-24(26)27/h1-16H. The van der Waals surface area contributed by atoms with Gasteiger partial charge in [0.2, 0.25) is 0 Å². The molecule has 1 heterocycles. The Morgan fingerprint density at radius 2 is 1.00 bits per heavy atom. The van der Waals surface area contributed by atoms with E-state index in [-0.39, 0.29) is 0 Å². The van der Waals surface area contributed by atoms with E-state index in [9.17, 15) is 0 Å². The summed E-state index contributed by atoms with van der Waals surface area (Å²) in [7, 11) is 3.62. The smallest absolute Gasteiger partial charge is 0.0711 e. The third-order valence-electron chi connectivity index (χ3n) is 5.67. The minimum Gasteiger partial charge on any atom is -0.309 e. The molecule has 0 saturated heterocycles.